The lowest BCUT2D eigenvalue weighted by atomic mass is 9.86. The number of nitrogens with zero attached hydrogens (tertiary/aromatic N) is 2. The third-order valence-corrected chi connectivity index (χ3v) is 7.42. The molecule has 2 heterocycles. The molecule has 1 aromatic heterocycles. The minimum atomic E-state index is -0.762. The van der Waals surface area contributed by atoms with Gasteiger partial charge in [0.15, 0.2) is 0 Å². The average molecular weight is 526 g/mol. The molecule has 0 aliphatic carbocycles. The highest BCUT2D eigenvalue weighted by Gasteiger charge is 2.39. The minimum absolute atomic E-state index is 0.0824. The average Bonchev–Trinajstić information content (AvgIpc) is 3.41. The smallest absolute Gasteiger partial charge is 0.275 e. The number of methoxy groups -OCH3 is 1. The molecule has 11 heteroatoms. The molecule has 4 rings (SSSR count). The number of hydrogen-bond acceptors (Lipinski definition) is 9. The number of benzene rings is 2. The van der Waals surface area contributed by atoms with Crippen LogP contribution in [0.4, 0.5) is 11.4 Å². The molecule has 1 saturated heterocycles. The van der Waals surface area contributed by atoms with E-state index in [1.807, 2.05) is 29.2 Å². The molecular formula is C26H31N5O5S. The first-order valence-electron chi connectivity index (χ1n) is 11.9. The van der Waals surface area contributed by atoms with E-state index >= 15 is 0 Å². The number of likely N-dealkylation sites (N-methyl/N-ethyl adjacent to an activating group) is 1. The zero-order valence-corrected chi connectivity index (χ0v) is 21.6. The maximum absolute atomic E-state index is 13.1. The molecule has 0 radical (unpaired) electrons. The maximum atomic E-state index is 13.1. The molecule has 1 fully saturated rings. The van der Waals surface area contributed by atoms with Gasteiger partial charge in [-0.2, -0.15) is 0 Å². The van der Waals surface area contributed by atoms with E-state index in [-0.39, 0.29) is 17.6 Å². The Kier molecular flexibility index (Phi) is 8.27. The maximum Gasteiger partial charge on any atom is 0.275 e. The molecule has 10 nitrogen and oxygen atoms in total. The van der Waals surface area contributed by atoms with E-state index in [0.717, 1.165) is 11.3 Å². The monoisotopic (exact) mass is 525 g/mol. The van der Waals surface area contributed by atoms with Gasteiger partial charge < -0.3 is 35.8 Å². The van der Waals surface area contributed by atoms with Crippen LogP contribution < -0.4 is 26.0 Å². The zero-order valence-electron chi connectivity index (χ0n) is 20.8. The number of ether oxygens (including phenoxy) is 2. The van der Waals surface area contributed by atoms with Crippen LogP contribution in [0.25, 0.3) is 10.6 Å². The van der Waals surface area contributed by atoms with Crippen molar-refractivity contribution >= 4 is 34.5 Å². The third kappa shape index (κ3) is 6.01. The largest absolute Gasteiger partial charge is 0.508 e. The highest BCUT2D eigenvalue weighted by Crippen LogP contribution is 2.34. The van der Waals surface area contributed by atoms with Crippen LogP contribution in [0.5, 0.6) is 11.5 Å². The van der Waals surface area contributed by atoms with Gasteiger partial charge in [-0.05, 0) is 56.3 Å². The summed E-state index contributed by atoms with van der Waals surface area (Å²) in [5, 5.41) is 18.5. The molecule has 3 aromatic rings. The summed E-state index contributed by atoms with van der Waals surface area (Å²) >= 11 is 1.37. The van der Waals surface area contributed by atoms with Gasteiger partial charge in [-0.1, -0.05) is 0 Å². The second kappa shape index (κ2) is 11.6. The predicted octanol–water partition coefficient (Wildman–Crippen LogP) is 2.84. The van der Waals surface area contributed by atoms with Crippen molar-refractivity contribution < 1.29 is 24.2 Å². The zero-order chi connectivity index (χ0) is 26.4. The van der Waals surface area contributed by atoms with Crippen LogP contribution in [0.1, 0.15) is 23.3 Å². The van der Waals surface area contributed by atoms with E-state index in [9.17, 15) is 14.7 Å². The number of carbonyl (C=O) groups excluding carboxylic acids is 2. The fourth-order valence-electron chi connectivity index (χ4n) is 4.27. The van der Waals surface area contributed by atoms with Gasteiger partial charge in [-0.25, -0.2) is 4.98 Å². The van der Waals surface area contributed by atoms with Crippen LogP contribution in [-0.4, -0.2) is 67.9 Å². The number of nitrogens with two attached hydrogens (primary N) is 1. The molecular weight excluding hydrogens is 494 g/mol. The van der Waals surface area contributed by atoms with Gasteiger partial charge in [0.05, 0.1) is 18.0 Å². The number of carbonyl (C=O) groups is 2. The summed E-state index contributed by atoms with van der Waals surface area (Å²) in [6.07, 6.45) is 1.01. The van der Waals surface area contributed by atoms with Crippen molar-refractivity contribution in [2.45, 2.75) is 18.4 Å². The van der Waals surface area contributed by atoms with Gasteiger partial charge in [-0.3, -0.25) is 9.59 Å². The number of hydrogen-bond donors (Lipinski definition) is 4. The quantitative estimate of drug-likeness (QED) is 0.234. The normalized spacial score (nSPS) is 14.8. The van der Waals surface area contributed by atoms with Gasteiger partial charge in [0, 0.05) is 37.2 Å². The van der Waals surface area contributed by atoms with Crippen molar-refractivity contribution in [1.82, 2.24) is 10.3 Å². The topological polar surface area (TPSA) is 139 Å². The van der Waals surface area contributed by atoms with E-state index in [0.29, 0.717) is 61.2 Å². The number of rotatable bonds is 10. The molecule has 196 valence electrons. The van der Waals surface area contributed by atoms with E-state index in [1.165, 1.54) is 17.4 Å². The fraction of sp³-hybridized carbons (Fsp3) is 0.346. The summed E-state index contributed by atoms with van der Waals surface area (Å²) in [5.41, 5.74) is 7.25. The SMILES string of the molecule is CNC1(C(N)=O)CCN(c2cc(O)ccc2NC(=O)c2csc(-c3ccc(OCCOC)cc3)n2)CC1. The Morgan fingerprint density at radius 2 is 1.89 bits per heavy atom. The van der Waals surface area contributed by atoms with E-state index in [1.54, 1.807) is 31.7 Å². The van der Waals surface area contributed by atoms with Crippen LogP contribution in [0.3, 0.4) is 0 Å². The number of phenolic OH excluding ortho intramolecular Hbond substituents is 1. The minimum Gasteiger partial charge on any atom is -0.508 e. The number of aromatic hydroxyl groups is 1. The number of anilines is 2. The van der Waals surface area contributed by atoms with Crippen molar-refractivity contribution in [1.29, 1.82) is 0 Å². The van der Waals surface area contributed by atoms with Crippen LogP contribution >= 0.6 is 11.3 Å². The molecule has 0 bridgehead atoms. The third-order valence-electron chi connectivity index (χ3n) is 6.53. The van der Waals surface area contributed by atoms with Crippen LogP contribution in [0.15, 0.2) is 47.8 Å². The predicted molar refractivity (Wildman–Crippen MR) is 143 cm³/mol. The van der Waals surface area contributed by atoms with Gasteiger partial charge in [0.2, 0.25) is 5.91 Å². The molecule has 0 saturated carbocycles. The Morgan fingerprint density at radius 3 is 2.54 bits per heavy atom. The Morgan fingerprint density at radius 1 is 1.16 bits per heavy atom. The molecule has 1 aliphatic heterocycles. The number of nitrogens with one attached hydrogen (secondary N) is 2. The standard InChI is InChI=1S/C26H31N5O5S/c1-28-26(25(27)34)9-11-31(12-10-26)22-15-18(32)5-8-20(22)29-23(33)21-16-37-24(30-21)17-3-6-19(7-4-17)36-14-13-35-2/h3-8,15-16,28,32H,9-14H2,1-2H3,(H2,27,34)(H,29,33). The van der Waals surface area contributed by atoms with Crippen LogP contribution in [0, 0.1) is 0 Å². The van der Waals surface area contributed by atoms with Gasteiger partial charge >= 0.3 is 0 Å². The lowest BCUT2D eigenvalue weighted by Gasteiger charge is -2.41. The summed E-state index contributed by atoms with van der Waals surface area (Å²) in [6, 6.07) is 12.3. The van der Waals surface area contributed by atoms with Crippen LogP contribution in [-0.2, 0) is 9.53 Å². The van der Waals surface area contributed by atoms with Gasteiger partial charge in [0.1, 0.15) is 34.3 Å². The fourth-order valence-corrected chi connectivity index (χ4v) is 5.08. The first-order valence-corrected chi connectivity index (χ1v) is 12.8. The number of primary amides is 1. The van der Waals surface area contributed by atoms with E-state index < -0.39 is 5.54 Å². The first kappa shape index (κ1) is 26.4. The van der Waals surface area contributed by atoms with Crippen LogP contribution in [0.2, 0.25) is 0 Å². The Hall–Kier alpha value is -3.67. The molecule has 2 aromatic carbocycles. The summed E-state index contributed by atoms with van der Waals surface area (Å²) in [7, 11) is 3.35. The summed E-state index contributed by atoms with van der Waals surface area (Å²) in [5.74, 6) is 0.0778. The second-order valence-corrected chi connectivity index (χ2v) is 9.60. The van der Waals surface area contributed by atoms with Gasteiger partial charge in [0.25, 0.3) is 5.91 Å². The Labute approximate surface area is 219 Å². The highest BCUT2D eigenvalue weighted by molar-refractivity contribution is 7.13. The first-order chi connectivity index (χ1) is 17.8. The van der Waals surface area contributed by atoms with Gasteiger partial charge in [-0.15, -0.1) is 11.3 Å². The van der Waals surface area contributed by atoms with Crippen molar-refractivity contribution in [3.8, 4) is 22.1 Å². The number of aromatic nitrogens is 1. The van der Waals surface area contributed by atoms with E-state index in [4.69, 9.17) is 15.2 Å². The molecule has 1 aliphatic rings. The van der Waals surface area contributed by atoms with Crippen molar-refractivity contribution in [2.24, 2.45) is 5.73 Å². The number of thiazole rings is 1. The lowest BCUT2D eigenvalue weighted by molar-refractivity contribution is -0.125. The van der Waals surface area contributed by atoms with Crippen molar-refractivity contribution in [2.75, 3.05) is 50.7 Å². The van der Waals surface area contributed by atoms with Crippen molar-refractivity contribution in [3.63, 3.8) is 0 Å². The number of phenols is 1. The van der Waals surface area contributed by atoms with Crippen molar-refractivity contribution in [3.05, 3.63) is 53.5 Å². The summed E-state index contributed by atoms with van der Waals surface area (Å²) in [6.45, 7) is 2.04. The second-order valence-electron chi connectivity index (χ2n) is 8.74. The molecule has 0 atom stereocenters. The Balaban J connectivity index is 1.45. The molecule has 0 spiro atoms. The summed E-state index contributed by atoms with van der Waals surface area (Å²) < 4.78 is 10.6. The molecule has 2 amide bonds. The lowest BCUT2D eigenvalue weighted by Crippen LogP contribution is -2.59. The number of amides is 2. The molecule has 0 unspecified atom stereocenters. The number of piperidine rings is 1. The molecule has 5 N–H and O–H groups in total. The van der Waals surface area contributed by atoms with E-state index in [2.05, 4.69) is 15.6 Å². The summed E-state index contributed by atoms with van der Waals surface area (Å²) in [4.78, 5) is 31.6. The Bertz CT molecular complexity index is 1240. The highest BCUT2D eigenvalue weighted by atomic mass is 32.1. The molecule has 37 heavy (non-hydrogen) atoms.